The molecule has 0 aliphatic carbocycles. The third kappa shape index (κ3) is 4.72. The molecule has 0 spiro atoms. The Hall–Kier alpha value is -2.14. The average molecular weight is 287 g/mol. The van der Waals surface area contributed by atoms with E-state index >= 15 is 0 Å². The zero-order valence-electron chi connectivity index (χ0n) is 12.9. The van der Waals surface area contributed by atoms with Crippen molar-refractivity contribution >= 4 is 0 Å². The third-order valence-electron chi connectivity index (χ3n) is 2.77. The van der Waals surface area contributed by atoms with E-state index in [2.05, 4.69) is 36.1 Å². The summed E-state index contributed by atoms with van der Waals surface area (Å²) in [4.78, 5) is 8.44. The molecule has 0 saturated heterocycles. The summed E-state index contributed by atoms with van der Waals surface area (Å²) in [5.74, 6) is 1.25. The van der Waals surface area contributed by atoms with Crippen molar-refractivity contribution in [3.63, 3.8) is 0 Å². The van der Waals surface area contributed by atoms with Crippen LogP contribution in [-0.2, 0) is 6.54 Å². The fraction of sp³-hybridized carbons (Fsp3) is 0.375. The van der Waals surface area contributed by atoms with Crippen LogP contribution in [0.2, 0.25) is 0 Å². The summed E-state index contributed by atoms with van der Waals surface area (Å²) < 4.78 is 10.9. The van der Waals surface area contributed by atoms with E-state index < -0.39 is 0 Å². The zero-order chi connectivity index (χ0) is 15.3. The minimum Gasteiger partial charge on any atom is -0.493 e. The highest BCUT2D eigenvalue weighted by atomic mass is 16.5. The highest BCUT2D eigenvalue weighted by Crippen LogP contribution is 2.28. The molecule has 0 radical (unpaired) electrons. The Bertz CT molecular complexity index is 577. The Morgan fingerprint density at radius 2 is 1.67 bits per heavy atom. The standard InChI is InChI=1S/C16H21N3O2/c1-16(2,3)19-11-12-9-17-15(18-10-12)21-14-8-6-5-7-13(14)20-4/h5-10,19H,11H2,1-4H3. The largest absolute Gasteiger partial charge is 0.493 e. The van der Waals surface area contributed by atoms with Crippen LogP contribution in [0.15, 0.2) is 36.7 Å². The van der Waals surface area contributed by atoms with Crippen molar-refractivity contribution in [2.24, 2.45) is 0 Å². The number of hydrogen-bond acceptors (Lipinski definition) is 5. The number of nitrogens with one attached hydrogen (secondary N) is 1. The fourth-order valence-electron chi connectivity index (χ4n) is 1.66. The first-order valence-corrected chi connectivity index (χ1v) is 6.85. The van der Waals surface area contributed by atoms with E-state index in [0.717, 1.165) is 12.1 Å². The molecule has 5 heteroatoms. The third-order valence-corrected chi connectivity index (χ3v) is 2.77. The van der Waals surface area contributed by atoms with Gasteiger partial charge in [-0.3, -0.25) is 0 Å². The highest BCUT2D eigenvalue weighted by molar-refractivity contribution is 5.40. The van der Waals surface area contributed by atoms with Crippen molar-refractivity contribution in [1.29, 1.82) is 0 Å². The summed E-state index contributed by atoms with van der Waals surface area (Å²) in [5, 5.41) is 3.38. The van der Waals surface area contributed by atoms with Gasteiger partial charge >= 0.3 is 6.01 Å². The second-order valence-electron chi connectivity index (χ2n) is 5.73. The Kier molecular flexibility index (Phi) is 4.75. The second kappa shape index (κ2) is 6.54. The predicted octanol–water partition coefficient (Wildman–Crippen LogP) is 3.17. The molecule has 1 heterocycles. The van der Waals surface area contributed by atoms with Gasteiger partial charge in [0.2, 0.25) is 0 Å². The summed E-state index contributed by atoms with van der Waals surface area (Å²) in [6, 6.07) is 7.71. The van der Waals surface area contributed by atoms with Crippen LogP contribution in [0.4, 0.5) is 0 Å². The van der Waals surface area contributed by atoms with Gasteiger partial charge in [-0.2, -0.15) is 0 Å². The van der Waals surface area contributed by atoms with E-state index in [1.54, 1.807) is 19.5 Å². The maximum atomic E-state index is 5.63. The van der Waals surface area contributed by atoms with Crippen molar-refractivity contribution in [3.05, 3.63) is 42.2 Å². The van der Waals surface area contributed by atoms with E-state index in [1.807, 2.05) is 24.3 Å². The lowest BCUT2D eigenvalue weighted by atomic mass is 10.1. The van der Waals surface area contributed by atoms with Crippen molar-refractivity contribution in [2.75, 3.05) is 7.11 Å². The van der Waals surface area contributed by atoms with E-state index in [4.69, 9.17) is 9.47 Å². The first-order valence-electron chi connectivity index (χ1n) is 6.85. The van der Waals surface area contributed by atoms with E-state index in [-0.39, 0.29) is 5.54 Å². The van der Waals surface area contributed by atoms with E-state index in [9.17, 15) is 0 Å². The maximum Gasteiger partial charge on any atom is 0.322 e. The molecule has 2 aromatic rings. The second-order valence-corrected chi connectivity index (χ2v) is 5.73. The fourth-order valence-corrected chi connectivity index (χ4v) is 1.66. The van der Waals surface area contributed by atoms with Gasteiger partial charge in [0.15, 0.2) is 11.5 Å². The van der Waals surface area contributed by atoms with E-state index in [0.29, 0.717) is 17.5 Å². The molecule has 112 valence electrons. The predicted molar refractivity (Wildman–Crippen MR) is 81.7 cm³/mol. The number of rotatable bonds is 5. The molecular weight excluding hydrogens is 266 g/mol. The Morgan fingerprint density at radius 1 is 1.05 bits per heavy atom. The molecule has 21 heavy (non-hydrogen) atoms. The van der Waals surface area contributed by atoms with Crippen molar-refractivity contribution in [2.45, 2.75) is 32.9 Å². The summed E-state index contributed by atoms with van der Waals surface area (Å²) in [5.41, 5.74) is 1.07. The zero-order valence-corrected chi connectivity index (χ0v) is 12.9. The van der Waals surface area contributed by atoms with Crippen LogP contribution in [-0.4, -0.2) is 22.6 Å². The van der Waals surface area contributed by atoms with Crippen molar-refractivity contribution < 1.29 is 9.47 Å². The topological polar surface area (TPSA) is 56.3 Å². The normalized spacial score (nSPS) is 11.2. The minimum absolute atomic E-state index is 0.0621. The monoisotopic (exact) mass is 287 g/mol. The number of aromatic nitrogens is 2. The molecule has 0 amide bonds. The van der Waals surface area contributed by atoms with Gasteiger partial charge in [-0.15, -0.1) is 0 Å². The SMILES string of the molecule is COc1ccccc1Oc1ncc(CNC(C)(C)C)cn1. The smallest absolute Gasteiger partial charge is 0.322 e. The average Bonchev–Trinajstić information content (AvgIpc) is 2.46. The van der Waals surface area contributed by atoms with Crippen molar-refractivity contribution in [1.82, 2.24) is 15.3 Å². The van der Waals surface area contributed by atoms with Gasteiger partial charge in [-0.05, 0) is 32.9 Å². The Labute approximate surface area is 125 Å². The van der Waals surface area contributed by atoms with Gasteiger partial charge in [-0.25, -0.2) is 9.97 Å². The quantitative estimate of drug-likeness (QED) is 0.915. The van der Waals surface area contributed by atoms with Crippen LogP contribution in [0.1, 0.15) is 26.3 Å². The molecule has 0 unspecified atom stereocenters. The molecule has 5 nitrogen and oxygen atoms in total. The molecule has 0 saturated carbocycles. The Morgan fingerprint density at radius 3 is 2.24 bits per heavy atom. The molecule has 0 aliphatic rings. The molecule has 0 bridgehead atoms. The maximum absolute atomic E-state index is 5.63. The van der Waals surface area contributed by atoms with Gasteiger partial charge in [0, 0.05) is 30.0 Å². The summed E-state index contributed by atoms with van der Waals surface area (Å²) in [6.07, 6.45) is 3.52. The Balaban J connectivity index is 2.02. The molecule has 0 aliphatic heterocycles. The van der Waals surface area contributed by atoms with Crippen LogP contribution in [0.25, 0.3) is 0 Å². The lowest BCUT2D eigenvalue weighted by Crippen LogP contribution is -2.35. The number of nitrogens with zero attached hydrogens (tertiary/aromatic N) is 2. The molecule has 2 rings (SSSR count). The summed E-state index contributed by atoms with van der Waals surface area (Å²) in [7, 11) is 1.60. The molecule has 0 atom stereocenters. The van der Waals surface area contributed by atoms with Crippen LogP contribution < -0.4 is 14.8 Å². The van der Waals surface area contributed by atoms with Gasteiger partial charge in [0.25, 0.3) is 0 Å². The number of benzene rings is 1. The summed E-state index contributed by atoms with van der Waals surface area (Å²) >= 11 is 0. The molecule has 1 aromatic heterocycles. The first-order chi connectivity index (χ1) is 9.98. The molecule has 1 aromatic carbocycles. The van der Waals surface area contributed by atoms with Crippen LogP contribution in [0.5, 0.6) is 17.5 Å². The number of hydrogen-bond donors (Lipinski definition) is 1. The lowest BCUT2D eigenvalue weighted by Gasteiger charge is -2.20. The van der Waals surface area contributed by atoms with Crippen LogP contribution in [0.3, 0.4) is 0 Å². The number of methoxy groups -OCH3 is 1. The first kappa shape index (κ1) is 15.3. The summed E-state index contributed by atoms with van der Waals surface area (Å²) in [6.45, 7) is 7.07. The molecule has 0 fully saturated rings. The van der Waals surface area contributed by atoms with E-state index in [1.165, 1.54) is 0 Å². The van der Waals surface area contributed by atoms with Gasteiger partial charge in [0.05, 0.1) is 7.11 Å². The molecule has 1 N–H and O–H groups in total. The lowest BCUT2D eigenvalue weighted by molar-refractivity contribution is 0.367. The van der Waals surface area contributed by atoms with Gasteiger partial charge in [0.1, 0.15) is 0 Å². The minimum atomic E-state index is 0.0621. The van der Waals surface area contributed by atoms with Crippen LogP contribution >= 0.6 is 0 Å². The van der Waals surface area contributed by atoms with Gasteiger partial charge < -0.3 is 14.8 Å². The van der Waals surface area contributed by atoms with Crippen LogP contribution in [0, 0.1) is 0 Å². The van der Waals surface area contributed by atoms with Crippen molar-refractivity contribution in [3.8, 4) is 17.5 Å². The highest BCUT2D eigenvalue weighted by Gasteiger charge is 2.10. The number of para-hydroxylation sites is 2. The van der Waals surface area contributed by atoms with Gasteiger partial charge in [-0.1, -0.05) is 12.1 Å². The number of ether oxygens (including phenoxy) is 2. The molecular formula is C16H21N3O2.